The SMILES string of the molecule is CCOc1ccccc1OC[C@@H](C)O. The molecule has 1 rings (SSSR count). The third-order valence-electron chi connectivity index (χ3n) is 1.63. The van der Waals surface area contributed by atoms with Gasteiger partial charge >= 0.3 is 0 Å². The minimum atomic E-state index is -0.468. The monoisotopic (exact) mass is 196 g/mol. The van der Waals surface area contributed by atoms with Gasteiger partial charge in [0.25, 0.3) is 0 Å². The topological polar surface area (TPSA) is 38.7 Å². The van der Waals surface area contributed by atoms with Crippen molar-refractivity contribution < 1.29 is 14.6 Å². The first kappa shape index (κ1) is 10.9. The van der Waals surface area contributed by atoms with E-state index in [1.54, 1.807) is 6.92 Å². The molecule has 3 heteroatoms. The third-order valence-corrected chi connectivity index (χ3v) is 1.63. The smallest absolute Gasteiger partial charge is 0.161 e. The maximum atomic E-state index is 9.07. The van der Waals surface area contributed by atoms with Crippen LogP contribution in [-0.2, 0) is 0 Å². The number of benzene rings is 1. The molecular formula is C11H16O3. The van der Waals surface area contributed by atoms with E-state index in [4.69, 9.17) is 14.6 Å². The minimum absolute atomic E-state index is 0.282. The summed E-state index contributed by atoms with van der Waals surface area (Å²) in [5.74, 6) is 1.39. The van der Waals surface area contributed by atoms with Gasteiger partial charge in [-0.1, -0.05) is 12.1 Å². The molecule has 1 atom stereocenters. The van der Waals surface area contributed by atoms with Crippen molar-refractivity contribution in [3.63, 3.8) is 0 Å². The summed E-state index contributed by atoms with van der Waals surface area (Å²) in [4.78, 5) is 0. The Kier molecular flexibility index (Phi) is 4.26. The Labute approximate surface area is 84.3 Å². The standard InChI is InChI=1S/C11H16O3/c1-3-13-10-6-4-5-7-11(10)14-8-9(2)12/h4-7,9,12H,3,8H2,1-2H3/t9-/m1/s1. The number of hydrogen-bond donors (Lipinski definition) is 1. The second-order valence-corrected chi connectivity index (χ2v) is 3.04. The van der Waals surface area contributed by atoms with E-state index in [1.165, 1.54) is 0 Å². The summed E-state index contributed by atoms with van der Waals surface area (Å²) in [5, 5.41) is 9.07. The van der Waals surface area contributed by atoms with Gasteiger partial charge < -0.3 is 14.6 Å². The lowest BCUT2D eigenvalue weighted by atomic mass is 10.3. The summed E-state index contributed by atoms with van der Waals surface area (Å²) in [6, 6.07) is 7.44. The molecule has 0 aliphatic heterocycles. The first-order valence-corrected chi connectivity index (χ1v) is 4.76. The molecule has 0 heterocycles. The number of aliphatic hydroxyl groups is 1. The summed E-state index contributed by atoms with van der Waals surface area (Å²) < 4.78 is 10.7. The lowest BCUT2D eigenvalue weighted by Gasteiger charge is -2.12. The molecule has 0 aliphatic carbocycles. The number of para-hydroxylation sites is 2. The fourth-order valence-electron chi connectivity index (χ4n) is 1.05. The predicted octanol–water partition coefficient (Wildman–Crippen LogP) is 1.84. The quantitative estimate of drug-likeness (QED) is 0.781. The van der Waals surface area contributed by atoms with Gasteiger partial charge in [-0.2, -0.15) is 0 Å². The molecule has 1 aromatic rings. The Bertz CT molecular complexity index is 271. The van der Waals surface area contributed by atoms with Crippen LogP contribution in [0, 0.1) is 0 Å². The highest BCUT2D eigenvalue weighted by atomic mass is 16.5. The third kappa shape index (κ3) is 3.26. The van der Waals surface area contributed by atoms with Crippen molar-refractivity contribution in [1.82, 2.24) is 0 Å². The Morgan fingerprint density at radius 2 is 1.79 bits per heavy atom. The summed E-state index contributed by atoms with van der Waals surface area (Å²) in [6.07, 6.45) is -0.468. The van der Waals surface area contributed by atoms with Crippen molar-refractivity contribution in [3.05, 3.63) is 24.3 Å². The van der Waals surface area contributed by atoms with E-state index in [9.17, 15) is 0 Å². The van der Waals surface area contributed by atoms with Crippen LogP contribution in [-0.4, -0.2) is 24.4 Å². The Morgan fingerprint density at radius 3 is 2.29 bits per heavy atom. The average molecular weight is 196 g/mol. The molecule has 0 aromatic heterocycles. The van der Waals surface area contributed by atoms with Gasteiger partial charge in [-0.25, -0.2) is 0 Å². The summed E-state index contributed by atoms with van der Waals surface area (Å²) in [5.41, 5.74) is 0. The molecule has 0 saturated heterocycles. The molecule has 0 unspecified atom stereocenters. The zero-order valence-corrected chi connectivity index (χ0v) is 8.56. The van der Waals surface area contributed by atoms with Gasteiger partial charge in [0.15, 0.2) is 11.5 Å². The van der Waals surface area contributed by atoms with Crippen LogP contribution < -0.4 is 9.47 Å². The van der Waals surface area contributed by atoms with E-state index >= 15 is 0 Å². The first-order chi connectivity index (χ1) is 6.74. The highest BCUT2D eigenvalue weighted by Gasteiger charge is 2.04. The van der Waals surface area contributed by atoms with E-state index in [1.807, 2.05) is 31.2 Å². The second kappa shape index (κ2) is 5.50. The molecular weight excluding hydrogens is 180 g/mol. The molecule has 3 nitrogen and oxygen atoms in total. The van der Waals surface area contributed by atoms with Gasteiger partial charge in [-0.3, -0.25) is 0 Å². The summed E-state index contributed by atoms with van der Waals surface area (Å²) >= 11 is 0. The van der Waals surface area contributed by atoms with Gasteiger partial charge in [0.05, 0.1) is 12.7 Å². The summed E-state index contributed by atoms with van der Waals surface area (Å²) in [6.45, 7) is 4.49. The van der Waals surface area contributed by atoms with E-state index in [0.29, 0.717) is 12.4 Å². The van der Waals surface area contributed by atoms with Crippen molar-refractivity contribution >= 4 is 0 Å². The van der Waals surface area contributed by atoms with Gasteiger partial charge in [0.1, 0.15) is 6.61 Å². The predicted molar refractivity (Wildman–Crippen MR) is 54.8 cm³/mol. The highest BCUT2D eigenvalue weighted by molar-refractivity contribution is 5.39. The number of rotatable bonds is 5. The van der Waals surface area contributed by atoms with Crippen molar-refractivity contribution in [2.75, 3.05) is 13.2 Å². The number of hydrogen-bond acceptors (Lipinski definition) is 3. The zero-order chi connectivity index (χ0) is 10.4. The molecule has 14 heavy (non-hydrogen) atoms. The fraction of sp³-hybridized carbons (Fsp3) is 0.455. The maximum absolute atomic E-state index is 9.07. The molecule has 0 saturated carbocycles. The van der Waals surface area contributed by atoms with E-state index in [2.05, 4.69) is 0 Å². The molecule has 0 fully saturated rings. The molecule has 1 N–H and O–H groups in total. The minimum Gasteiger partial charge on any atom is -0.490 e. The van der Waals surface area contributed by atoms with Crippen molar-refractivity contribution in [3.8, 4) is 11.5 Å². The van der Waals surface area contributed by atoms with Gasteiger partial charge in [-0.05, 0) is 26.0 Å². The number of ether oxygens (including phenoxy) is 2. The molecule has 1 aromatic carbocycles. The Morgan fingerprint density at radius 1 is 1.21 bits per heavy atom. The summed E-state index contributed by atoms with van der Waals surface area (Å²) in [7, 11) is 0. The van der Waals surface area contributed by atoms with Crippen LogP contribution in [0.4, 0.5) is 0 Å². The molecule has 0 radical (unpaired) electrons. The van der Waals surface area contributed by atoms with Crippen LogP contribution in [0.2, 0.25) is 0 Å². The van der Waals surface area contributed by atoms with Crippen LogP contribution in [0.1, 0.15) is 13.8 Å². The van der Waals surface area contributed by atoms with Crippen LogP contribution in [0.3, 0.4) is 0 Å². The Balaban J connectivity index is 2.64. The number of aliphatic hydroxyl groups excluding tert-OH is 1. The van der Waals surface area contributed by atoms with Crippen molar-refractivity contribution in [2.45, 2.75) is 20.0 Å². The van der Waals surface area contributed by atoms with E-state index in [-0.39, 0.29) is 6.61 Å². The molecule has 0 bridgehead atoms. The van der Waals surface area contributed by atoms with E-state index < -0.39 is 6.10 Å². The highest BCUT2D eigenvalue weighted by Crippen LogP contribution is 2.26. The Hall–Kier alpha value is -1.22. The van der Waals surface area contributed by atoms with Crippen molar-refractivity contribution in [2.24, 2.45) is 0 Å². The normalized spacial score (nSPS) is 12.2. The zero-order valence-electron chi connectivity index (χ0n) is 8.56. The lowest BCUT2D eigenvalue weighted by molar-refractivity contribution is 0.120. The van der Waals surface area contributed by atoms with Crippen LogP contribution in [0.15, 0.2) is 24.3 Å². The largest absolute Gasteiger partial charge is 0.490 e. The first-order valence-electron chi connectivity index (χ1n) is 4.76. The molecule has 0 amide bonds. The van der Waals surface area contributed by atoms with E-state index in [0.717, 1.165) is 5.75 Å². The van der Waals surface area contributed by atoms with Crippen LogP contribution in [0.25, 0.3) is 0 Å². The van der Waals surface area contributed by atoms with Gasteiger partial charge in [-0.15, -0.1) is 0 Å². The maximum Gasteiger partial charge on any atom is 0.161 e. The molecule has 0 spiro atoms. The molecule has 78 valence electrons. The second-order valence-electron chi connectivity index (χ2n) is 3.04. The average Bonchev–Trinajstić information content (AvgIpc) is 2.17. The van der Waals surface area contributed by atoms with Crippen molar-refractivity contribution in [1.29, 1.82) is 0 Å². The molecule has 0 aliphatic rings. The lowest BCUT2D eigenvalue weighted by Crippen LogP contribution is -2.13. The van der Waals surface area contributed by atoms with Crippen LogP contribution >= 0.6 is 0 Å². The fourth-order valence-corrected chi connectivity index (χ4v) is 1.05. The van der Waals surface area contributed by atoms with Gasteiger partial charge in [0, 0.05) is 0 Å². The van der Waals surface area contributed by atoms with Gasteiger partial charge in [0.2, 0.25) is 0 Å². The van der Waals surface area contributed by atoms with Crippen LogP contribution in [0.5, 0.6) is 11.5 Å².